The summed E-state index contributed by atoms with van der Waals surface area (Å²) in [7, 11) is -3.59. The number of aromatic hydroxyl groups is 1. The highest BCUT2D eigenvalue weighted by Gasteiger charge is 2.35. The second-order valence-electron chi connectivity index (χ2n) is 7.37. The molecule has 1 fully saturated rings. The summed E-state index contributed by atoms with van der Waals surface area (Å²) >= 11 is 3.46. The quantitative estimate of drug-likeness (QED) is 0.350. The van der Waals surface area contributed by atoms with Crippen molar-refractivity contribution in [1.82, 2.24) is 20.3 Å². The SMILES string of the molecule is O=S(=O)(c1c(-c2ncc(-c3ccc(O)cc3)[nH]2)[nH]c2ccc(Br)cc12)C1CCNC1. The van der Waals surface area contributed by atoms with Crippen LogP contribution < -0.4 is 5.32 Å². The van der Waals surface area contributed by atoms with E-state index in [2.05, 4.69) is 36.2 Å². The number of halogens is 1. The molecule has 30 heavy (non-hydrogen) atoms. The van der Waals surface area contributed by atoms with Gasteiger partial charge in [-0.1, -0.05) is 15.9 Å². The number of sulfone groups is 1. The molecule has 154 valence electrons. The Labute approximate surface area is 181 Å². The Morgan fingerprint density at radius 2 is 1.90 bits per heavy atom. The van der Waals surface area contributed by atoms with E-state index in [9.17, 15) is 13.5 Å². The maximum atomic E-state index is 13.6. The lowest BCUT2D eigenvalue weighted by molar-refractivity contribution is 0.475. The van der Waals surface area contributed by atoms with Crippen molar-refractivity contribution in [2.24, 2.45) is 0 Å². The summed E-state index contributed by atoms with van der Waals surface area (Å²) in [5.41, 5.74) is 2.77. The van der Waals surface area contributed by atoms with E-state index in [0.29, 0.717) is 36.4 Å². The van der Waals surface area contributed by atoms with Gasteiger partial charge in [0.15, 0.2) is 15.7 Å². The molecule has 0 saturated carbocycles. The predicted octanol–water partition coefficient (Wildman–Crippen LogP) is 3.83. The number of H-pyrrole nitrogens is 2. The molecule has 4 aromatic rings. The van der Waals surface area contributed by atoms with Crippen LogP contribution in [0, 0.1) is 0 Å². The number of benzene rings is 2. The maximum absolute atomic E-state index is 13.6. The molecule has 1 unspecified atom stereocenters. The van der Waals surface area contributed by atoms with Crippen LogP contribution in [-0.2, 0) is 9.84 Å². The van der Waals surface area contributed by atoms with Crippen molar-refractivity contribution in [3.8, 4) is 28.5 Å². The molecule has 5 rings (SSSR count). The first-order valence-electron chi connectivity index (χ1n) is 9.54. The third-order valence-electron chi connectivity index (χ3n) is 5.44. The fourth-order valence-electron chi connectivity index (χ4n) is 3.90. The number of hydrogen-bond donors (Lipinski definition) is 4. The van der Waals surface area contributed by atoms with Gasteiger partial charge < -0.3 is 20.4 Å². The Kier molecular flexibility index (Phi) is 4.68. The van der Waals surface area contributed by atoms with E-state index in [-0.39, 0.29) is 10.6 Å². The van der Waals surface area contributed by atoms with Crippen LogP contribution in [0.2, 0.25) is 0 Å². The Morgan fingerprint density at radius 1 is 1.10 bits per heavy atom. The minimum Gasteiger partial charge on any atom is -0.508 e. The maximum Gasteiger partial charge on any atom is 0.185 e. The molecule has 2 aromatic carbocycles. The van der Waals surface area contributed by atoms with E-state index in [1.165, 1.54) is 0 Å². The molecule has 1 aliphatic heterocycles. The van der Waals surface area contributed by atoms with Crippen LogP contribution in [-0.4, -0.2) is 46.8 Å². The van der Waals surface area contributed by atoms with E-state index >= 15 is 0 Å². The number of nitrogens with one attached hydrogen (secondary N) is 3. The van der Waals surface area contributed by atoms with Crippen molar-refractivity contribution in [2.75, 3.05) is 13.1 Å². The number of nitrogens with zero attached hydrogens (tertiary/aromatic N) is 1. The molecule has 1 saturated heterocycles. The molecule has 3 heterocycles. The topological polar surface area (TPSA) is 111 Å². The molecule has 9 heteroatoms. The second kappa shape index (κ2) is 7.26. The molecular formula is C21H19BrN4O3S. The summed E-state index contributed by atoms with van der Waals surface area (Å²) in [6.07, 6.45) is 2.25. The van der Waals surface area contributed by atoms with Crippen LogP contribution in [0.1, 0.15) is 6.42 Å². The Hall–Kier alpha value is -2.62. The van der Waals surface area contributed by atoms with Crippen molar-refractivity contribution in [1.29, 1.82) is 0 Å². The predicted molar refractivity (Wildman–Crippen MR) is 119 cm³/mol. The van der Waals surface area contributed by atoms with Crippen molar-refractivity contribution >= 4 is 36.7 Å². The first-order chi connectivity index (χ1) is 14.4. The largest absolute Gasteiger partial charge is 0.508 e. The van der Waals surface area contributed by atoms with Gasteiger partial charge in [0.25, 0.3) is 0 Å². The van der Waals surface area contributed by atoms with E-state index in [0.717, 1.165) is 21.2 Å². The number of aromatic nitrogens is 3. The molecule has 2 aromatic heterocycles. The number of aromatic amines is 2. The molecule has 0 amide bonds. The third kappa shape index (κ3) is 3.23. The molecule has 7 nitrogen and oxygen atoms in total. The fourth-order valence-corrected chi connectivity index (χ4v) is 6.26. The molecular weight excluding hydrogens is 468 g/mol. The zero-order valence-electron chi connectivity index (χ0n) is 15.8. The summed E-state index contributed by atoms with van der Waals surface area (Å²) in [5, 5.41) is 12.8. The second-order valence-corrected chi connectivity index (χ2v) is 10.5. The number of rotatable bonds is 4. The zero-order chi connectivity index (χ0) is 20.9. The first kappa shape index (κ1) is 19.3. The lowest BCUT2D eigenvalue weighted by atomic mass is 10.2. The molecule has 1 atom stereocenters. The molecule has 4 N–H and O–H groups in total. The zero-order valence-corrected chi connectivity index (χ0v) is 18.2. The standard InChI is InChI=1S/C21H19BrN4O3S/c22-13-3-6-17-16(9-13)20(30(28,29)15-7-8-23-10-15)19(25-17)21-24-11-18(26-21)12-1-4-14(27)5-2-12/h1-6,9,11,15,23,25,27H,7-8,10H2,(H,24,26). The van der Waals surface area contributed by atoms with Crippen molar-refractivity contribution in [3.05, 3.63) is 53.1 Å². The van der Waals surface area contributed by atoms with Crippen molar-refractivity contribution in [3.63, 3.8) is 0 Å². The normalized spacial score (nSPS) is 17.0. The van der Waals surface area contributed by atoms with Crippen LogP contribution in [0.15, 0.2) is 58.0 Å². The summed E-state index contributed by atoms with van der Waals surface area (Å²) in [6, 6.07) is 12.3. The van der Waals surface area contributed by atoms with Crippen molar-refractivity contribution < 1.29 is 13.5 Å². The van der Waals surface area contributed by atoms with Crippen LogP contribution in [0.3, 0.4) is 0 Å². The van der Waals surface area contributed by atoms with Gasteiger partial charge >= 0.3 is 0 Å². The van der Waals surface area contributed by atoms with E-state index in [1.807, 2.05) is 18.2 Å². The minimum absolute atomic E-state index is 0.179. The lowest BCUT2D eigenvalue weighted by Crippen LogP contribution is -2.24. The van der Waals surface area contributed by atoms with E-state index < -0.39 is 15.1 Å². The third-order valence-corrected chi connectivity index (χ3v) is 8.21. The van der Waals surface area contributed by atoms with Gasteiger partial charge in [0, 0.05) is 21.9 Å². The van der Waals surface area contributed by atoms with Crippen LogP contribution in [0.4, 0.5) is 0 Å². The average molecular weight is 487 g/mol. The summed E-state index contributed by atoms with van der Waals surface area (Å²) in [5.74, 6) is 0.633. The Bertz CT molecular complexity index is 1340. The van der Waals surface area contributed by atoms with Gasteiger partial charge in [-0.05, 0) is 61.0 Å². The monoisotopic (exact) mass is 486 g/mol. The van der Waals surface area contributed by atoms with Crippen LogP contribution in [0.25, 0.3) is 33.7 Å². The number of phenolic OH excluding ortho intramolecular Hbond substituents is 1. The van der Waals surface area contributed by atoms with E-state index in [1.54, 1.807) is 30.5 Å². The molecule has 0 spiro atoms. The molecule has 0 aliphatic carbocycles. The van der Waals surface area contributed by atoms with Gasteiger partial charge in [0.05, 0.1) is 17.1 Å². The van der Waals surface area contributed by atoms with Gasteiger partial charge in [-0.25, -0.2) is 13.4 Å². The number of imidazole rings is 1. The van der Waals surface area contributed by atoms with Gasteiger partial charge in [-0.15, -0.1) is 0 Å². The average Bonchev–Trinajstić information content (AvgIpc) is 3.47. The minimum atomic E-state index is -3.59. The van der Waals surface area contributed by atoms with Crippen molar-refractivity contribution in [2.45, 2.75) is 16.6 Å². The smallest absolute Gasteiger partial charge is 0.185 e. The molecule has 0 radical (unpaired) electrons. The molecule has 0 bridgehead atoms. The van der Waals surface area contributed by atoms with Gasteiger partial charge in [0.1, 0.15) is 16.3 Å². The first-order valence-corrected chi connectivity index (χ1v) is 11.9. The van der Waals surface area contributed by atoms with Crippen LogP contribution in [0.5, 0.6) is 5.75 Å². The number of phenols is 1. The van der Waals surface area contributed by atoms with E-state index in [4.69, 9.17) is 0 Å². The fraction of sp³-hybridized carbons (Fsp3) is 0.190. The lowest BCUT2D eigenvalue weighted by Gasteiger charge is -2.11. The number of hydrogen-bond acceptors (Lipinski definition) is 5. The summed E-state index contributed by atoms with van der Waals surface area (Å²) < 4.78 is 28.0. The van der Waals surface area contributed by atoms with Gasteiger partial charge in [-0.3, -0.25) is 0 Å². The highest BCUT2D eigenvalue weighted by Crippen LogP contribution is 2.37. The van der Waals surface area contributed by atoms with Crippen LogP contribution >= 0.6 is 15.9 Å². The Balaban J connectivity index is 1.69. The highest BCUT2D eigenvalue weighted by atomic mass is 79.9. The van der Waals surface area contributed by atoms with Gasteiger partial charge in [-0.2, -0.15) is 0 Å². The molecule has 1 aliphatic rings. The Morgan fingerprint density at radius 3 is 2.63 bits per heavy atom. The summed E-state index contributed by atoms with van der Waals surface area (Å²) in [4.78, 5) is 11.2. The summed E-state index contributed by atoms with van der Waals surface area (Å²) in [6.45, 7) is 1.14. The number of fused-ring (bicyclic) bond motifs is 1. The van der Waals surface area contributed by atoms with Gasteiger partial charge in [0.2, 0.25) is 0 Å². The highest BCUT2D eigenvalue weighted by molar-refractivity contribution is 9.10.